The number of carbonyl (C=O) groups excluding carboxylic acids is 2. The van der Waals surface area contributed by atoms with Gasteiger partial charge in [0, 0.05) is 17.1 Å². The average molecular weight is 446 g/mol. The van der Waals surface area contributed by atoms with Crippen molar-refractivity contribution in [3.8, 4) is 5.75 Å². The summed E-state index contributed by atoms with van der Waals surface area (Å²) in [5.41, 5.74) is -0.940. The lowest BCUT2D eigenvalue weighted by Crippen LogP contribution is -2.42. The molecule has 1 aliphatic heterocycles. The van der Waals surface area contributed by atoms with E-state index in [0.717, 1.165) is 0 Å². The van der Waals surface area contributed by atoms with Crippen LogP contribution in [0.3, 0.4) is 0 Å². The van der Waals surface area contributed by atoms with E-state index in [4.69, 9.17) is 16.3 Å². The molecule has 0 radical (unpaired) electrons. The number of nitrogens with zero attached hydrogens (tertiary/aromatic N) is 1. The highest BCUT2D eigenvalue weighted by atomic mass is 35.5. The number of benzene rings is 1. The van der Waals surface area contributed by atoms with Crippen LogP contribution in [0.4, 0.5) is 26.3 Å². The Kier molecular flexibility index (Phi) is 6.53. The minimum atomic E-state index is -5.55. The van der Waals surface area contributed by atoms with Crippen molar-refractivity contribution in [2.75, 3.05) is 13.6 Å². The lowest BCUT2D eigenvalue weighted by molar-refractivity contribution is -0.204. The Balaban J connectivity index is 2.45. The number of alkyl halides is 6. The van der Waals surface area contributed by atoms with E-state index < -0.39 is 36.0 Å². The number of fused-ring (bicyclic) bond motifs is 1. The molecule has 0 spiro atoms. The van der Waals surface area contributed by atoms with Crippen LogP contribution in [0.25, 0.3) is 6.08 Å². The zero-order valence-corrected chi connectivity index (χ0v) is 15.7. The largest absolute Gasteiger partial charge is 0.491 e. The molecule has 5 nitrogen and oxygen atoms in total. The molecule has 0 fully saturated rings. The van der Waals surface area contributed by atoms with Gasteiger partial charge in [-0.2, -0.15) is 26.3 Å². The number of esters is 2. The molecule has 1 aliphatic rings. The summed E-state index contributed by atoms with van der Waals surface area (Å²) in [6, 6.07) is 2.46. The van der Waals surface area contributed by atoms with Crippen LogP contribution in [0.1, 0.15) is 18.1 Å². The van der Waals surface area contributed by atoms with Crippen molar-refractivity contribution in [3.05, 3.63) is 33.9 Å². The number of halogens is 7. The SMILES string of the molecule is CCN(C)Cc1cc2c(cc1Cl)C=C(C(=O)OC(=O)C(F)(F)F)C(C(F)(F)F)O2. The van der Waals surface area contributed by atoms with Gasteiger partial charge in [0.1, 0.15) is 5.75 Å². The number of carbonyl (C=O) groups is 2. The van der Waals surface area contributed by atoms with Gasteiger partial charge in [0.15, 0.2) is 0 Å². The monoisotopic (exact) mass is 445 g/mol. The van der Waals surface area contributed by atoms with Gasteiger partial charge in [-0.3, -0.25) is 0 Å². The number of ether oxygens (including phenoxy) is 2. The molecule has 0 N–H and O–H groups in total. The third kappa shape index (κ3) is 5.41. The van der Waals surface area contributed by atoms with Crippen LogP contribution in [0, 0.1) is 0 Å². The van der Waals surface area contributed by atoms with Crippen molar-refractivity contribution >= 4 is 29.6 Å². The van der Waals surface area contributed by atoms with E-state index in [1.165, 1.54) is 12.1 Å². The molecule has 0 aliphatic carbocycles. The predicted molar refractivity (Wildman–Crippen MR) is 89.1 cm³/mol. The van der Waals surface area contributed by atoms with Gasteiger partial charge in [0.05, 0.1) is 5.57 Å². The number of hydrogen-bond acceptors (Lipinski definition) is 5. The summed E-state index contributed by atoms with van der Waals surface area (Å²) in [4.78, 5) is 24.5. The first kappa shape index (κ1) is 23.0. The maximum absolute atomic E-state index is 13.3. The van der Waals surface area contributed by atoms with Gasteiger partial charge < -0.3 is 14.4 Å². The van der Waals surface area contributed by atoms with E-state index in [1.54, 1.807) is 7.05 Å². The van der Waals surface area contributed by atoms with Crippen molar-refractivity contribution in [1.29, 1.82) is 0 Å². The first-order valence-electron chi connectivity index (χ1n) is 8.03. The molecule has 0 saturated heterocycles. The molecule has 12 heteroatoms. The fraction of sp³-hybridized carbons (Fsp3) is 0.412. The predicted octanol–water partition coefficient (Wildman–Crippen LogP) is 4.13. The summed E-state index contributed by atoms with van der Waals surface area (Å²) in [5.74, 6) is -5.33. The second kappa shape index (κ2) is 8.23. The zero-order valence-electron chi connectivity index (χ0n) is 14.9. The Morgan fingerprint density at radius 1 is 1.21 bits per heavy atom. The van der Waals surface area contributed by atoms with Crippen LogP contribution in [-0.4, -0.2) is 48.9 Å². The second-order valence-electron chi connectivity index (χ2n) is 6.13. The van der Waals surface area contributed by atoms with Crippen molar-refractivity contribution in [2.24, 2.45) is 0 Å². The molecule has 0 aromatic heterocycles. The molecule has 29 heavy (non-hydrogen) atoms. The van der Waals surface area contributed by atoms with E-state index in [1.807, 2.05) is 11.8 Å². The first-order chi connectivity index (χ1) is 13.2. The third-order valence-electron chi connectivity index (χ3n) is 3.95. The number of rotatable bonds is 4. The Hall–Kier alpha value is -2.27. The Morgan fingerprint density at radius 2 is 1.83 bits per heavy atom. The van der Waals surface area contributed by atoms with Gasteiger partial charge >= 0.3 is 24.3 Å². The van der Waals surface area contributed by atoms with Crippen LogP contribution in [0.15, 0.2) is 17.7 Å². The van der Waals surface area contributed by atoms with Crippen LogP contribution in [0.2, 0.25) is 5.02 Å². The van der Waals surface area contributed by atoms with Gasteiger partial charge in [0.2, 0.25) is 6.10 Å². The Bertz CT molecular complexity index is 850. The lowest BCUT2D eigenvalue weighted by Gasteiger charge is -2.28. The molecule has 1 aromatic rings. The second-order valence-corrected chi connectivity index (χ2v) is 6.53. The smallest absolute Gasteiger partial charge is 0.475 e. The van der Waals surface area contributed by atoms with Crippen molar-refractivity contribution in [2.45, 2.75) is 31.9 Å². The van der Waals surface area contributed by atoms with Gasteiger partial charge in [-0.05, 0) is 37.4 Å². The zero-order chi connectivity index (χ0) is 22.1. The maximum Gasteiger partial charge on any atom is 0.491 e. The van der Waals surface area contributed by atoms with Crippen LogP contribution in [-0.2, 0) is 20.9 Å². The van der Waals surface area contributed by atoms with Gasteiger partial charge in [-0.25, -0.2) is 9.59 Å². The summed E-state index contributed by atoms with van der Waals surface area (Å²) in [5, 5.41) is 0.147. The molecule has 0 saturated carbocycles. The normalized spacial score (nSPS) is 16.8. The maximum atomic E-state index is 13.3. The fourth-order valence-electron chi connectivity index (χ4n) is 2.39. The van der Waals surface area contributed by atoms with Gasteiger partial charge in [-0.1, -0.05) is 18.5 Å². The third-order valence-corrected chi connectivity index (χ3v) is 4.30. The van der Waals surface area contributed by atoms with Crippen LogP contribution in [0.5, 0.6) is 5.75 Å². The van der Waals surface area contributed by atoms with E-state index >= 15 is 0 Å². The Morgan fingerprint density at radius 3 is 2.34 bits per heavy atom. The average Bonchev–Trinajstić information content (AvgIpc) is 2.59. The topological polar surface area (TPSA) is 55.8 Å². The molecule has 0 amide bonds. The van der Waals surface area contributed by atoms with E-state index in [-0.39, 0.29) is 16.3 Å². The molecule has 160 valence electrons. The Labute approximate surface area is 165 Å². The molecule has 1 aromatic carbocycles. The van der Waals surface area contributed by atoms with Crippen LogP contribution < -0.4 is 4.74 Å². The minimum Gasteiger partial charge on any atom is -0.475 e. The lowest BCUT2D eigenvalue weighted by atomic mass is 9.99. The highest BCUT2D eigenvalue weighted by Crippen LogP contribution is 2.40. The van der Waals surface area contributed by atoms with Crippen molar-refractivity contribution in [3.63, 3.8) is 0 Å². The highest BCUT2D eigenvalue weighted by molar-refractivity contribution is 6.31. The fourth-order valence-corrected chi connectivity index (χ4v) is 2.63. The molecule has 1 heterocycles. The standard InChI is InChI=1S/C17H14ClF6NO4/c1-3-25(2)7-9-6-12-8(5-11(9)18)4-10(13(28-12)16(19,20)21)14(26)29-15(27)17(22,23)24/h4-6,13H,3,7H2,1-2H3. The summed E-state index contributed by atoms with van der Waals surface area (Å²) in [7, 11) is 1.75. The van der Waals surface area contributed by atoms with E-state index in [0.29, 0.717) is 24.7 Å². The number of hydrogen-bond donors (Lipinski definition) is 0. The molecule has 2 rings (SSSR count). The van der Waals surface area contributed by atoms with Gasteiger partial charge in [-0.15, -0.1) is 0 Å². The summed E-state index contributed by atoms with van der Waals surface area (Å²) >= 11 is 6.11. The molecule has 1 atom stereocenters. The van der Waals surface area contributed by atoms with Crippen molar-refractivity contribution < 1.29 is 45.4 Å². The molecular formula is C17H14ClF6NO4. The van der Waals surface area contributed by atoms with Crippen molar-refractivity contribution in [1.82, 2.24) is 4.90 Å². The quantitative estimate of drug-likeness (QED) is 0.396. The van der Waals surface area contributed by atoms with Crippen LogP contribution >= 0.6 is 11.6 Å². The molecular weight excluding hydrogens is 432 g/mol. The van der Waals surface area contributed by atoms with E-state index in [2.05, 4.69) is 4.74 Å². The van der Waals surface area contributed by atoms with E-state index in [9.17, 15) is 35.9 Å². The first-order valence-corrected chi connectivity index (χ1v) is 8.41. The minimum absolute atomic E-state index is 0.0789. The molecule has 1 unspecified atom stereocenters. The molecule has 0 bridgehead atoms. The highest BCUT2D eigenvalue weighted by Gasteiger charge is 2.51. The summed E-state index contributed by atoms with van der Waals surface area (Å²) in [6.07, 6.45) is -13.0. The summed E-state index contributed by atoms with van der Waals surface area (Å²) in [6.45, 7) is 2.77. The van der Waals surface area contributed by atoms with Gasteiger partial charge in [0.25, 0.3) is 0 Å². The summed E-state index contributed by atoms with van der Waals surface area (Å²) < 4.78 is 85.2.